The van der Waals surface area contributed by atoms with Gasteiger partial charge in [0.25, 0.3) is 0 Å². The van der Waals surface area contributed by atoms with Crippen LogP contribution in [0.25, 0.3) is 22.2 Å². The number of amides is 4. The number of imide groups is 2. The molecular weight excluding hydrogens is 462 g/mol. The summed E-state index contributed by atoms with van der Waals surface area (Å²) >= 11 is 0. The summed E-state index contributed by atoms with van der Waals surface area (Å²) in [4.78, 5) is 39.7. The first kappa shape index (κ1) is 21.7. The van der Waals surface area contributed by atoms with Crippen LogP contribution in [-0.4, -0.2) is 47.5 Å². The van der Waals surface area contributed by atoms with E-state index >= 15 is 4.39 Å². The van der Waals surface area contributed by atoms with Crippen LogP contribution >= 0.6 is 0 Å². The maximum absolute atomic E-state index is 17.2. The van der Waals surface area contributed by atoms with Crippen molar-refractivity contribution in [2.45, 2.75) is 38.3 Å². The van der Waals surface area contributed by atoms with Gasteiger partial charge in [-0.15, -0.1) is 0 Å². The maximum Gasteiger partial charge on any atom is 0.328 e. The number of halogens is 2. The average Bonchev–Trinajstić information content (AvgIpc) is 3.20. The highest BCUT2D eigenvalue weighted by molar-refractivity contribution is 6.21. The van der Waals surface area contributed by atoms with Gasteiger partial charge in [-0.25, -0.2) is 13.6 Å². The van der Waals surface area contributed by atoms with Gasteiger partial charge in [0.05, 0.1) is 11.5 Å². The number of nitrogens with one attached hydrogen (secondary N) is 2. The van der Waals surface area contributed by atoms with E-state index in [4.69, 9.17) is 9.26 Å². The number of carbonyl (C=O) groups is 3. The van der Waals surface area contributed by atoms with Crippen LogP contribution in [-0.2, 0) is 20.7 Å². The Kier molecular flexibility index (Phi) is 4.38. The lowest BCUT2D eigenvalue weighted by molar-refractivity contribution is -0.189. The minimum absolute atomic E-state index is 0.0317. The molecule has 0 bridgehead atoms. The van der Waals surface area contributed by atoms with E-state index in [1.165, 1.54) is 17.9 Å². The lowest BCUT2D eigenvalue weighted by Crippen LogP contribution is -2.80. The first-order valence-corrected chi connectivity index (χ1v) is 11.1. The van der Waals surface area contributed by atoms with Gasteiger partial charge in [0.1, 0.15) is 17.6 Å². The van der Waals surface area contributed by atoms with Crippen molar-refractivity contribution in [3.8, 4) is 11.3 Å². The van der Waals surface area contributed by atoms with E-state index in [1.54, 1.807) is 37.3 Å². The molecule has 2 aromatic carbocycles. The fraction of sp³-hybridized carbons (Fsp3) is 0.333. The Balaban J connectivity index is 1.61. The third kappa shape index (κ3) is 2.69. The first-order valence-electron chi connectivity index (χ1n) is 11.1. The van der Waals surface area contributed by atoms with Crippen molar-refractivity contribution in [3.05, 3.63) is 47.8 Å². The molecule has 11 heteroatoms. The summed E-state index contributed by atoms with van der Waals surface area (Å²) in [5, 5.41) is 8.59. The van der Waals surface area contributed by atoms with E-state index in [2.05, 4.69) is 15.8 Å². The quantitative estimate of drug-likeness (QED) is 0.405. The largest absolute Gasteiger partial charge is 0.368 e. The van der Waals surface area contributed by atoms with Crippen molar-refractivity contribution in [1.29, 1.82) is 0 Å². The Morgan fingerprint density at radius 3 is 2.54 bits per heavy atom. The first-order chi connectivity index (χ1) is 16.7. The molecule has 180 valence electrons. The number of urea groups is 1. The number of barbiturate groups is 1. The van der Waals surface area contributed by atoms with Gasteiger partial charge in [-0.1, -0.05) is 17.3 Å². The molecule has 3 aliphatic rings. The van der Waals surface area contributed by atoms with E-state index in [0.717, 1.165) is 0 Å². The molecule has 0 aliphatic carbocycles. The lowest BCUT2D eigenvalue weighted by Gasteiger charge is -2.58. The molecule has 3 atom stereocenters. The molecule has 6 rings (SSSR count). The molecule has 2 fully saturated rings. The van der Waals surface area contributed by atoms with E-state index in [-0.39, 0.29) is 24.2 Å². The lowest BCUT2D eigenvalue weighted by atomic mass is 9.64. The van der Waals surface area contributed by atoms with E-state index < -0.39 is 47.1 Å². The van der Waals surface area contributed by atoms with E-state index in [1.807, 2.05) is 0 Å². The van der Waals surface area contributed by atoms with Crippen LogP contribution in [0.15, 0.2) is 40.9 Å². The van der Waals surface area contributed by atoms with Gasteiger partial charge >= 0.3 is 6.03 Å². The third-order valence-corrected chi connectivity index (χ3v) is 7.18. The van der Waals surface area contributed by atoms with E-state index in [0.29, 0.717) is 22.2 Å². The van der Waals surface area contributed by atoms with Gasteiger partial charge in [0.2, 0.25) is 17.6 Å². The second-order valence-electron chi connectivity index (χ2n) is 9.18. The predicted octanol–water partition coefficient (Wildman–Crippen LogP) is 2.82. The zero-order valence-electron chi connectivity index (χ0n) is 18.7. The van der Waals surface area contributed by atoms with Gasteiger partial charge in [0.15, 0.2) is 11.0 Å². The highest BCUT2D eigenvalue weighted by Crippen LogP contribution is 2.55. The molecule has 4 heterocycles. The molecule has 1 spiro atoms. The Morgan fingerprint density at radius 1 is 1.11 bits per heavy atom. The van der Waals surface area contributed by atoms with Crippen molar-refractivity contribution in [1.82, 2.24) is 15.8 Å². The molecule has 4 amide bonds. The molecule has 9 nitrogen and oxygen atoms in total. The van der Waals surface area contributed by atoms with Gasteiger partial charge in [0, 0.05) is 30.3 Å². The highest BCUT2D eigenvalue weighted by atomic mass is 19.1. The SMILES string of the molecule is CC1CN2c3cc4onc(-c5ccccc5F)c4cc3CC3(C(=O)NC(=O)NC3=O)C2(F)C(C)O1. The second-order valence-corrected chi connectivity index (χ2v) is 9.18. The van der Waals surface area contributed by atoms with Gasteiger partial charge in [-0.3, -0.25) is 20.2 Å². The summed E-state index contributed by atoms with van der Waals surface area (Å²) in [5.74, 6) is -5.20. The van der Waals surface area contributed by atoms with Crippen molar-refractivity contribution in [2.75, 3.05) is 11.4 Å². The Labute approximate surface area is 197 Å². The van der Waals surface area contributed by atoms with Gasteiger partial charge in [-0.05, 0) is 37.6 Å². The molecule has 3 unspecified atom stereocenters. The number of alkyl halides is 1. The molecule has 35 heavy (non-hydrogen) atoms. The van der Waals surface area contributed by atoms with Crippen LogP contribution in [0.4, 0.5) is 19.3 Å². The zero-order valence-corrected chi connectivity index (χ0v) is 18.7. The Morgan fingerprint density at radius 2 is 1.83 bits per heavy atom. The summed E-state index contributed by atoms with van der Waals surface area (Å²) in [6, 6.07) is 8.26. The number of rotatable bonds is 1. The number of hydrogen-bond donors (Lipinski definition) is 2. The number of anilines is 1. The van der Waals surface area contributed by atoms with Crippen LogP contribution < -0.4 is 15.5 Å². The topological polar surface area (TPSA) is 114 Å². The Hall–Kier alpha value is -3.86. The maximum atomic E-state index is 17.2. The molecule has 3 aliphatic heterocycles. The number of ether oxygens (including phenoxy) is 1. The fourth-order valence-corrected chi connectivity index (χ4v) is 5.64. The van der Waals surface area contributed by atoms with Crippen molar-refractivity contribution >= 4 is 34.5 Å². The summed E-state index contributed by atoms with van der Waals surface area (Å²) < 4.78 is 43.0. The zero-order chi connectivity index (χ0) is 24.7. The van der Waals surface area contributed by atoms with Gasteiger partial charge < -0.3 is 14.2 Å². The minimum Gasteiger partial charge on any atom is -0.368 e. The summed E-state index contributed by atoms with van der Waals surface area (Å²) in [6.45, 7) is 3.24. The van der Waals surface area contributed by atoms with Crippen LogP contribution in [0, 0.1) is 11.2 Å². The van der Waals surface area contributed by atoms with Crippen molar-refractivity contribution in [3.63, 3.8) is 0 Å². The number of aromatic nitrogens is 1. The van der Waals surface area contributed by atoms with Crippen LogP contribution in [0.3, 0.4) is 0 Å². The van der Waals surface area contributed by atoms with Crippen LogP contribution in [0.1, 0.15) is 19.4 Å². The van der Waals surface area contributed by atoms with Crippen LogP contribution in [0.5, 0.6) is 0 Å². The average molecular weight is 482 g/mol. The molecule has 3 aromatic rings. The van der Waals surface area contributed by atoms with Crippen molar-refractivity contribution < 1.29 is 32.4 Å². The predicted molar refractivity (Wildman–Crippen MR) is 118 cm³/mol. The van der Waals surface area contributed by atoms with Crippen molar-refractivity contribution in [2.24, 2.45) is 5.41 Å². The molecule has 0 radical (unpaired) electrons. The van der Waals surface area contributed by atoms with E-state index in [9.17, 15) is 18.8 Å². The second kappa shape index (κ2) is 7.08. The number of nitrogens with zero attached hydrogens (tertiary/aromatic N) is 2. The smallest absolute Gasteiger partial charge is 0.328 e. The summed E-state index contributed by atoms with van der Waals surface area (Å²) in [7, 11) is 0. The molecule has 2 N–H and O–H groups in total. The summed E-state index contributed by atoms with van der Waals surface area (Å²) in [6.07, 6.45) is -1.98. The molecule has 2 saturated heterocycles. The number of hydrogen-bond acceptors (Lipinski definition) is 7. The Bertz CT molecular complexity index is 1420. The summed E-state index contributed by atoms with van der Waals surface area (Å²) in [5.41, 5.74) is -0.711. The van der Waals surface area contributed by atoms with Crippen LogP contribution in [0.2, 0.25) is 0 Å². The molecule has 1 aromatic heterocycles. The number of carbonyl (C=O) groups excluding carboxylic acids is 3. The standard InChI is InChI=1S/C24H20F2N4O5/c1-11-10-30-17-8-18-15(19(29-35-18)14-5-3-4-6-16(14)25)7-13(17)9-23(24(30,26)12(2)34-11)20(31)27-22(33)28-21(23)32/h3-8,11-12H,9-10H2,1-2H3,(H2,27,28,31,32,33). The fourth-order valence-electron chi connectivity index (χ4n) is 5.64. The highest BCUT2D eigenvalue weighted by Gasteiger charge is 2.73. The minimum atomic E-state index is -2.61. The monoisotopic (exact) mass is 482 g/mol. The normalized spacial score (nSPS) is 27.4. The number of fused-ring (bicyclic) bond motifs is 5. The molecular formula is C24H20F2N4O5. The number of benzene rings is 2. The molecule has 0 saturated carbocycles. The number of morpholine rings is 1. The third-order valence-electron chi connectivity index (χ3n) is 7.18. The van der Waals surface area contributed by atoms with Gasteiger partial charge in [-0.2, -0.15) is 0 Å².